The number of hydrogen-bond donors (Lipinski definition) is 2. The second-order valence-electron chi connectivity index (χ2n) is 5.33. The van der Waals surface area contributed by atoms with E-state index in [2.05, 4.69) is 77.2 Å². The van der Waals surface area contributed by atoms with E-state index in [1.807, 2.05) is 31.3 Å². The lowest BCUT2D eigenvalue weighted by Crippen LogP contribution is -2.11. The van der Waals surface area contributed by atoms with E-state index >= 15 is 0 Å². The van der Waals surface area contributed by atoms with Crippen molar-refractivity contribution >= 4 is 28.4 Å². The predicted octanol–water partition coefficient (Wildman–Crippen LogP) is 5.24. The van der Waals surface area contributed by atoms with Crippen molar-refractivity contribution in [3.8, 4) is 0 Å². The SMILES string of the molecule is CNc1ccccc1Nc1ccccc1N(C)c1ccccc1. The highest BCUT2D eigenvalue weighted by atomic mass is 15.1. The third-order valence-electron chi connectivity index (χ3n) is 3.87. The van der Waals surface area contributed by atoms with E-state index in [1.54, 1.807) is 0 Å². The Morgan fingerprint density at radius 3 is 1.91 bits per heavy atom. The van der Waals surface area contributed by atoms with Gasteiger partial charge in [0.2, 0.25) is 0 Å². The summed E-state index contributed by atoms with van der Waals surface area (Å²) in [5.74, 6) is 0. The van der Waals surface area contributed by atoms with Gasteiger partial charge in [-0.15, -0.1) is 0 Å². The molecule has 0 aliphatic heterocycles. The topological polar surface area (TPSA) is 27.3 Å². The first-order valence-electron chi connectivity index (χ1n) is 7.71. The minimum absolute atomic E-state index is 1.06. The second kappa shape index (κ2) is 6.88. The standard InChI is InChI=1S/C20H21N3/c1-21-17-12-6-7-13-18(17)22-19-14-8-9-15-20(19)23(2)16-10-4-3-5-11-16/h3-15,21-22H,1-2H3. The minimum atomic E-state index is 1.06. The highest BCUT2D eigenvalue weighted by Gasteiger charge is 2.10. The van der Waals surface area contributed by atoms with Crippen molar-refractivity contribution in [3.05, 3.63) is 78.9 Å². The number of hydrogen-bond acceptors (Lipinski definition) is 3. The summed E-state index contributed by atoms with van der Waals surface area (Å²) in [5.41, 5.74) is 5.49. The van der Waals surface area contributed by atoms with E-state index in [9.17, 15) is 0 Å². The maximum Gasteiger partial charge on any atom is 0.0647 e. The smallest absolute Gasteiger partial charge is 0.0647 e. The van der Waals surface area contributed by atoms with Crippen LogP contribution in [0.3, 0.4) is 0 Å². The van der Waals surface area contributed by atoms with Gasteiger partial charge in [0.05, 0.1) is 22.7 Å². The molecule has 3 aromatic carbocycles. The van der Waals surface area contributed by atoms with Crippen molar-refractivity contribution in [2.24, 2.45) is 0 Å². The van der Waals surface area contributed by atoms with Crippen LogP contribution in [0, 0.1) is 0 Å². The predicted molar refractivity (Wildman–Crippen MR) is 100 cm³/mol. The average molecular weight is 303 g/mol. The molecular weight excluding hydrogens is 282 g/mol. The first-order valence-corrected chi connectivity index (χ1v) is 7.71. The van der Waals surface area contributed by atoms with E-state index in [0.717, 1.165) is 28.4 Å². The molecule has 116 valence electrons. The summed E-state index contributed by atoms with van der Waals surface area (Å²) in [7, 11) is 4.02. The minimum Gasteiger partial charge on any atom is -0.386 e. The van der Waals surface area contributed by atoms with Gasteiger partial charge in [-0.25, -0.2) is 0 Å². The van der Waals surface area contributed by atoms with E-state index in [-0.39, 0.29) is 0 Å². The Balaban J connectivity index is 1.95. The monoisotopic (exact) mass is 303 g/mol. The van der Waals surface area contributed by atoms with Gasteiger partial charge < -0.3 is 15.5 Å². The summed E-state index contributed by atoms with van der Waals surface area (Å²) >= 11 is 0. The van der Waals surface area contributed by atoms with Crippen LogP contribution in [0.5, 0.6) is 0 Å². The molecule has 3 nitrogen and oxygen atoms in total. The van der Waals surface area contributed by atoms with Crippen molar-refractivity contribution in [2.75, 3.05) is 29.6 Å². The molecule has 0 saturated carbocycles. The average Bonchev–Trinajstić information content (AvgIpc) is 2.63. The van der Waals surface area contributed by atoms with Gasteiger partial charge in [0.15, 0.2) is 0 Å². The van der Waals surface area contributed by atoms with Crippen LogP contribution in [-0.2, 0) is 0 Å². The fourth-order valence-corrected chi connectivity index (χ4v) is 2.62. The fourth-order valence-electron chi connectivity index (χ4n) is 2.62. The fraction of sp³-hybridized carbons (Fsp3) is 0.100. The third-order valence-corrected chi connectivity index (χ3v) is 3.87. The molecule has 0 aliphatic carbocycles. The summed E-state index contributed by atoms with van der Waals surface area (Å²) in [6, 6.07) is 26.9. The maximum absolute atomic E-state index is 3.54. The highest BCUT2D eigenvalue weighted by molar-refractivity contribution is 5.83. The quantitative estimate of drug-likeness (QED) is 0.675. The number of anilines is 5. The lowest BCUT2D eigenvalue weighted by Gasteiger charge is -2.23. The molecule has 0 aliphatic rings. The van der Waals surface area contributed by atoms with Crippen LogP contribution in [0.15, 0.2) is 78.9 Å². The van der Waals surface area contributed by atoms with E-state index < -0.39 is 0 Å². The van der Waals surface area contributed by atoms with Crippen LogP contribution in [0.2, 0.25) is 0 Å². The molecule has 0 heterocycles. The lowest BCUT2D eigenvalue weighted by atomic mass is 10.2. The van der Waals surface area contributed by atoms with Crippen molar-refractivity contribution < 1.29 is 0 Å². The van der Waals surface area contributed by atoms with Crippen molar-refractivity contribution in [1.82, 2.24) is 0 Å². The summed E-state index contributed by atoms with van der Waals surface area (Å²) < 4.78 is 0. The number of rotatable bonds is 5. The molecule has 23 heavy (non-hydrogen) atoms. The molecule has 3 rings (SSSR count). The molecular formula is C20H21N3. The summed E-state index contributed by atoms with van der Waals surface area (Å²) in [5, 5.41) is 6.76. The molecule has 0 atom stereocenters. The van der Waals surface area contributed by atoms with Gasteiger partial charge >= 0.3 is 0 Å². The highest BCUT2D eigenvalue weighted by Crippen LogP contribution is 2.34. The Bertz CT molecular complexity index is 769. The molecule has 0 spiro atoms. The summed E-state index contributed by atoms with van der Waals surface area (Å²) in [6.45, 7) is 0. The van der Waals surface area contributed by atoms with Crippen LogP contribution >= 0.6 is 0 Å². The molecule has 0 amide bonds. The molecule has 0 radical (unpaired) electrons. The van der Waals surface area contributed by atoms with Crippen molar-refractivity contribution in [1.29, 1.82) is 0 Å². The summed E-state index contributed by atoms with van der Waals surface area (Å²) in [4.78, 5) is 2.18. The van der Waals surface area contributed by atoms with Crippen LogP contribution in [0.25, 0.3) is 0 Å². The normalized spacial score (nSPS) is 10.2. The lowest BCUT2D eigenvalue weighted by molar-refractivity contribution is 1.21. The zero-order valence-electron chi connectivity index (χ0n) is 13.5. The second-order valence-corrected chi connectivity index (χ2v) is 5.33. The molecule has 0 aromatic heterocycles. The van der Waals surface area contributed by atoms with Crippen molar-refractivity contribution in [2.45, 2.75) is 0 Å². The van der Waals surface area contributed by atoms with Crippen LogP contribution in [0.1, 0.15) is 0 Å². The largest absolute Gasteiger partial charge is 0.386 e. The molecule has 0 fully saturated rings. The molecule has 0 unspecified atom stereocenters. The molecule has 0 saturated heterocycles. The zero-order valence-corrected chi connectivity index (χ0v) is 13.5. The van der Waals surface area contributed by atoms with E-state index in [4.69, 9.17) is 0 Å². The first kappa shape index (κ1) is 15.0. The number of para-hydroxylation sites is 5. The molecule has 3 heteroatoms. The summed E-state index contributed by atoms with van der Waals surface area (Å²) in [6.07, 6.45) is 0. The van der Waals surface area contributed by atoms with Gasteiger partial charge in [-0.2, -0.15) is 0 Å². The third kappa shape index (κ3) is 3.29. The molecule has 3 aromatic rings. The van der Waals surface area contributed by atoms with Gasteiger partial charge in [0.25, 0.3) is 0 Å². The van der Waals surface area contributed by atoms with Crippen LogP contribution in [0.4, 0.5) is 28.4 Å². The van der Waals surface area contributed by atoms with Crippen LogP contribution < -0.4 is 15.5 Å². The number of nitrogens with one attached hydrogen (secondary N) is 2. The Morgan fingerprint density at radius 1 is 0.652 bits per heavy atom. The Labute approximate surface area is 137 Å². The van der Waals surface area contributed by atoms with Gasteiger partial charge in [-0.1, -0.05) is 42.5 Å². The zero-order chi connectivity index (χ0) is 16.1. The van der Waals surface area contributed by atoms with Gasteiger partial charge in [0, 0.05) is 19.8 Å². The Kier molecular flexibility index (Phi) is 4.48. The van der Waals surface area contributed by atoms with E-state index in [0.29, 0.717) is 0 Å². The Hall–Kier alpha value is -2.94. The van der Waals surface area contributed by atoms with Crippen molar-refractivity contribution in [3.63, 3.8) is 0 Å². The van der Waals surface area contributed by atoms with Gasteiger partial charge in [-0.3, -0.25) is 0 Å². The van der Waals surface area contributed by atoms with E-state index in [1.165, 1.54) is 0 Å². The van der Waals surface area contributed by atoms with Gasteiger partial charge in [0.1, 0.15) is 0 Å². The number of nitrogens with zero attached hydrogens (tertiary/aromatic N) is 1. The Morgan fingerprint density at radius 2 is 1.22 bits per heavy atom. The molecule has 2 N–H and O–H groups in total. The van der Waals surface area contributed by atoms with Crippen LogP contribution in [-0.4, -0.2) is 14.1 Å². The maximum atomic E-state index is 3.54. The molecule has 0 bridgehead atoms. The number of benzene rings is 3. The first-order chi connectivity index (χ1) is 11.3. The van der Waals surface area contributed by atoms with Gasteiger partial charge in [-0.05, 0) is 36.4 Å².